The molecular formula is C13H18O3. The van der Waals surface area contributed by atoms with Gasteiger partial charge in [-0.2, -0.15) is 0 Å². The van der Waals surface area contributed by atoms with Crippen LogP contribution in [0, 0.1) is 0 Å². The van der Waals surface area contributed by atoms with Crippen molar-refractivity contribution in [2.45, 2.75) is 32.3 Å². The molecule has 0 aromatic heterocycles. The van der Waals surface area contributed by atoms with E-state index in [-0.39, 0.29) is 5.78 Å². The smallest absolute Gasteiger partial charge is 0.164 e. The molecule has 0 spiro atoms. The molecule has 1 aromatic carbocycles. The fraction of sp³-hybridized carbons (Fsp3) is 0.462. The Balaban J connectivity index is 2.52. The van der Waals surface area contributed by atoms with Gasteiger partial charge in [0.25, 0.3) is 0 Å². The summed E-state index contributed by atoms with van der Waals surface area (Å²) in [4.78, 5) is 11.5. The lowest BCUT2D eigenvalue weighted by molar-refractivity contribution is -0.134. The van der Waals surface area contributed by atoms with Crippen molar-refractivity contribution in [2.75, 3.05) is 7.11 Å². The normalized spacial score (nSPS) is 11.2. The van der Waals surface area contributed by atoms with Gasteiger partial charge < -0.3 is 9.84 Å². The third-order valence-corrected chi connectivity index (χ3v) is 2.48. The highest BCUT2D eigenvalue weighted by atomic mass is 16.5. The minimum absolute atomic E-state index is 0.136. The third kappa shape index (κ3) is 3.66. The molecule has 0 unspecified atom stereocenters. The maximum atomic E-state index is 11.5. The van der Waals surface area contributed by atoms with Crippen molar-refractivity contribution in [1.29, 1.82) is 0 Å². The quantitative estimate of drug-likeness (QED) is 0.828. The number of ketones is 1. The number of benzene rings is 1. The van der Waals surface area contributed by atoms with Crippen LogP contribution in [0.2, 0.25) is 0 Å². The van der Waals surface area contributed by atoms with E-state index in [2.05, 4.69) is 0 Å². The first-order valence-corrected chi connectivity index (χ1v) is 5.32. The Labute approximate surface area is 96.1 Å². The number of aryl methyl sites for hydroxylation is 1. The summed E-state index contributed by atoms with van der Waals surface area (Å²) in [6.07, 6.45) is 1.00. The standard InChI is InChI=1S/C13H18O3/c1-13(2,15)12(14)9-6-10-4-7-11(16-3)8-5-10/h4-5,7-8,15H,6,9H2,1-3H3. The number of hydrogen-bond donors (Lipinski definition) is 1. The average molecular weight is 222 g/mol. The fourth-order valence-corrected chi connectivity index (χ4v) is 1.36. The van der Waals surface area contributed by atoms with Gasteiger partial charge in [-0.15, -0.1) is 0 Å². The summed E-state index contributed by atoms with van der Waals surface area (Å²) in [5.41, 5.74) is -0.162. The van der Waals surface area contributed by atoms with Crippen molar-refractivity contribution < 1.29 is 14.6 Å². The predicted molar refractivity (Wildman–Crippen MR) is 62.6 cm³/mol. The van der Waals surface area contributed by atoms with E-state index >= 15 is 0 Å². The van der Waals surface area contributed by atoms with E-state index in [1.807, 2.05) is 24.3 Å². The van der Waals surface area contributed by atoms with Crippen LogP contribution >= 0.6 is 0 Å². The molecule has 1 aromatic rings. The van der Waals surface area contributed by atoms with Crippen molar-refractivity contribution in [3.05, 3.63) is 29.8 Å². The van der Waals surface area contributed by atoms with Crippen molar-refractivity contribution in [3.63, 3.8) is 0 Å². The van der Waals surface area contributed by atoms with E-state index in [0.29, 0.717) is 12.8 Å². The first kappa shape index (κ1) is 12.7. The van der Waals surface area contributed by atoms with Gasteiger partial charge in [-0.3, -0.25) is 4.79 Å². The van der Waals surface area contributed by atoms with E-state index in [1.165, 1.54) is 13.8 Å². The van der Waals surface area contributed by atoms with E-state index in [1.54, 1.807) is 7.11 Å². The number of carbonyl (C=O) groups is 1. The zero-order chi connectivity index (χ0) is 12.2. The van der Waals surface area contributed by atoms with E-state index in [4.69, 9.17) is 4.74 Å². The van der Waals surface area contributed by atoms with Crippen LogP contribution in [0.4, 0.5) is 0 Å². The van der Waals surface area contributed by atoms with Gasteiger partial charge >= 0.3 is 0 Å². The van der Waals surface area contributed by atoms with Gasteiger partial charge in [0.05, 0.1) is 7.11 Å². The Kier molecular flexibility index (Phi) is 4.07. The number of methoxy groups -OCH3 is 1. The van der Waals surface area contributed by atoms with Gasteiger partial charge in [0.15, 0.2) is 5.78 Å². The molecule has 0 bridgehead atoms. The summed E-state index contributed by atoms with van der Waals surface area (Å²) in [7, 11) is 1.62. The molecule has 0 saturated heterocycles. The summed E-state index contributed by atoms with van der Waals surface area (Å²) >= 11 is 0. The molecule has 0 fully saturated rings. The van der Waals surface area contributed by atoms with Crippen LogP contribution in [0.15, 0.2) is 24.3 Å². The van der Waals surface area contributed by atoms with Crippen molar-refractivity contribution >= 4 is 5.78 Å². The largest absolute Gasteiger partial charge is 0.497 e. The first-order valence-electron chi connectivity index (χ1n) is 5.32. The number of rotatable bonds is 5. The summed E-state index contributed by atoms with van der Waals surface area (Å²) in [5, 5.41) is 9.48. The molecule has 3 nitrogen and oxygen atoms in total. The number of hydrogen-bond acceptors (Lipinski definition) is 3. The van der Waals surface area contributed by atoms with Crippen LogP contribution in [0.25, 0.3) is 0 Å². The number of carbonyl (C=O) groups excluding carboxylic acids is 1. The summed E-state index contributed by atoms with van der Waals surface area (Å²) in [6.45, 7) is 3.03. The summed E-state index contributed by atoms with van der Waals surface area (Å²) in [6, 6.07) is 7.58. The van der Waals surface area contributed by atoms with Gasteiger partial charge in [0.2, 0.25) is 0 Å². The maximum absolute atomic E-state index is 11.5. The third-order valence-electron chi connectivity index (χ3n) is 2.48. The lowest BCUT2D eigenvalue weighted by Gasteiger charge is -2.15. The van der Waals surface area contributed by atoms with Crippen LogP contribution < -0.4 is 4.74 Å². The fourth-order valence-electron chi connectivity index (χ4n) is 1.36. The van der Waals surface area contributed by atoms with Crippen LogP contribution in [-0.4, -0.2) is 23.6 Å². The lowest BCUT2D eigenvalue weighted by atomic mass is 9.97. The van der Waals surface area contributed by atoms with Gasteiger partial charge in [0, 0.05) is 6.42 Å². The van der Waals surface area contributed by atoms with Crippen LogP contribution in [0.3, 0.4) is 0 Å². The Morgan fingerprint density at radius 1 is 1.31 bits per heavy atom. The second-order valence-corrected chi connectivity index (χ2v) is 4.33. The van der Waals surface area contributed by atoms with Crippen molar-refractivity contribution in [2.24, 2.45) is 0 Å². The molecule has 1 rings (SSSR count). The molecule has 0 radical (unpaired) electrons. The molecule has 16 heavy (non-hydrogen) atoms. The topological polar surface area (TPSA) is 46.5 Å². The zero-order valence-electron chi connectivity index (χ0n) is 9.99. The Bertz CT molecular complexity index is 346. The Morgan fingerprint density at radius 3 is 2.31 bits per heavy atom. The molecule has 0 amide bonds. The Morgan fingerprint density at radius 2 is 1.88 bits per heavy atom. The van der Waals surface area contributed by atoms with Crippen LogP contribution in [0.1, 0.15) is 25.8 Å². The molecule has 0 aliphatic heterocycles. The SMILES string of the molecule is COc1ccc(CCC(=O)C(C)(C)O)cc1. The Hall–Kier alpha value is -1.35. The summed E-state index contributed by atoms with van der Waals surface area (Å²) < 4.78 is 5.04. The highest BCUT2D eigenvalue weighted by Crippen LogP contribution is 2.14. The first-order chi connectivity index (χ1) is 7.43. The van der Waals surface area contributed by atoms with Crippen LogP contribution in [-0.2, 0) is 11.2 Å². The van der Waals surface area contributed by atoms with Gasteiger partial charge in [-0.1, -0.05) is 12.1 Å². The molecule has 0 heterocycles. The minimum Gasteiger partial charge on any atom is -0.497 e. The number of aliphatic hydroxyl groups is 1. The second kappa shape index (κ2) is 5.12. The number of ether oxygens (including phenoxy) is 1. The monoisotopic (exact) mass is 222 g/mol. The molecular weight excluding hydrogens is 204 g/mol. The molecule has 0 saturated carbocycles. The second-order valence-electron chi connectivity index (χ2n) is 4.33. The van der Waals surface area contributed by atoms with Gasteiger partial charge in [-0.25, -0.2) is 0 Å². The average Bonchev–Trinajstić information content (AvgIpc) is 2.25. The van der Waals surface area contributed by atoms with E-state index in [9.17, 15) is 9.90 Å². The van der Waals surface area contributed by atoms with E-state index < -0.39 is 5.60 Å². The molecule has 0 aliphatic rings. The molecule has 88 valence electrons. The van der Waals surface area contributed by atoms with E-state index in [0.717, 1.165) is 11.3 Å². The molecule has 3 heteroatoms. The van der Waals surface area contributed by atoms with Crippen molar-refractivity contribution in [3.8, 4) is 5.75 Å². The zero-order valence-corrected chi connectivity index (χ0v) is 9.99. The van der Waals surface area contributed by atoms with Gasteiger partial charge in [0.1, 0.15) is 11.4 Å². The number of Topliss-reactive ketones (excluding diaryl/α,β-unsaturated/α-hetero) is 1. The highest BCUT2D eigenvalue weighted by molar-refractivity contribution is 5.86. The minimum atomic E-state index is -1.23. The highest BCUT2D eigenvalue weighted by Gasteiger charge is 2.22. The van der Waals surface area contributed by atoms with Crippen LogP contribution in [0.5, 0.6) is 5.75 Å². The molecule has 0 atom stereocenters. The molecule has 1 N–H and O–H groups in total. The maximum Gasteiger partial charge on any atom is 0.164 e. The predicted octanol–water partition coefficient (Wildman–Crippen LogP) is 1.97. The summed E-state index contributed by atoms with van der Waals surface area (Å²) in [5.74, 6) is 0.667. The van der Waals surface area contributed by atoms with Crippen molar-refractivity contribution in [1.82, 2.24) is 0 Å². The lowest BCUT2D eigenvalue weighted by Crippen LogP contribution is -2.31. The molecule has 0 aliphatic carbocycles. The van der Waals surface area contributed by atoms with Gasteiger partial charge in [-0.05, 0) is 38.0 Å².